The van der Waals surface area contributed by atoms with E-state index in [0.29, 0.717) is 30.5 Å². The van der Waals surface area contributed by atoms with Crippen LogP contribution >= 0.6 is 0 Å². The summed E-state index contributed by atoms with van der Waals surface area (Å²) in [5.41, 5.74) is 4.41. The van der Waals surface area contributed by atoms with Gasteiger partial charge in [-0.2, -0.15) is 0 Å². The van der Waals surface area contributed by atoms with E-state index in [0.717, 1.165) is 54.7 Å². The van der Waals surface area contributed by atoms with Crippen molar-refractivity contribution in [2.75, 3.05) is 0 Å². The lowest BCUT2D eigenvalue weighted by Gasteiger charge is -2.47. The summed E-state index contributed by atoms with van der Waals surface area (Å²) in [7, 11) is 0. The van der Waals surface area contributed by atoms with E-state index < -0.39 is 0 Å². The van der Waals surface area contributed by atoms with Gasteiger partial charge in [0.25, 0.3) is 0 Å². The lowest BCUT2D eigenvalue weighted by atomic mass is 9.58. The zero-order valence-electron chi connectivity index (χ0n) is 14.9. The average Bonchev–Trinajstić information content (AvgIpc) is 3.03. The van der Waals surface area contributed by atoms with E-state index in [4.69, 9.17) is 4.52 Å². The summed E-state index contributed by atoms with van der Waals surface area (Å²) < 4.78 is 5.29. The molecule has 1 aromatic heterocycles. The number of aromatic nitrogens is 1. The fourth-order valence-electron chi connectivity index (χ4n) is 5.60. The van der Waals surface area contributed by atoms with Crippen LogP contribution in [0, 0.1) is 31.1 Å². The smallest absolute Gasteiger partial charge is 0.159 e. The molecule has 3 aliphatic rings. The van der Waals surface area contributed by atoms with Crippen molar-refractivity contribution < 1.29 is 14.4 Å². The summed E-state index contributed by atoms with van der Waals surface area (Å²) in [6.45, 7) is 6.14. The van der Waals surface area contributed by atoms with Gasteiger partial charge in [-0.15, -0.1) is 0 Å². The van der Waals surface area contributed by atoms with Gasteiger partial charge in [0.15, 0.2) is 5.78 Å². The van der Waals surface area contributed by atoms with Crippen LogP contribution in [-0.4, -0.2) is 22.2 Å². The fraction of sp³-hybridized carbons (Fsp3) is 0.700. The third-order valence-electron chi connectivity index (χ3n) is 7.17. The number of fused-ring (bicyclic) bond motifs is 3. The molecule has 3 aliphatic carbocycles. The number of carbonyl (C=O) groups is 1. The first-order chi connectivity index (χ1) is 11.4. The van der Waals surface area contributed by atoms with Gasteiger partial charge in [0, 0.05) is 18.4 Å². The van der Waals surface area contributed by atoms with Crippen molar-refractivity contribution in [2.24, 2.45) is 17.3 Å². The quantitative estimate of drug-likeness (QED) is 0.899. The molecule has 1 N–H and O–H groups in total. The molecule has 0 bridgehead atoms. The number of allylic oxidation sites excluding steroid dienone is 2. The molecule has 0 aromatic carbocycles. The molecule has 2 saturated carbocycles. The van der Waals surface area contributed by atoms with Gasteiger partial charge >= 0.3 is 0 Å². The van der Waals surface area contributed by atoms with Crippen molar-refractivity contribution in [3.05, 3.63) is 28.2 Å². The summed E-state index contributed by atoms with van der Waals surface area (Å²) in [6, 6.07) is 0. The van der Waals surface area contributed by atoms with Gasteiger partial charge in [-0.3, -0.25) is 4.79 Å². The van der Waals surface area contributed by atoms with E-state index in [2.05, 4.69) is 12.1 Å². The van der Waals surface area contributed by atoms with Crippen LogP contribution < -0.4 is 0 Å². The van der Waals surface area contributed by atoms with Gasteiger partial charge in [-0.25, -0.2) is 0 Å². The van der Waals surface area contributed by atoms with Crippen LogP contribution in [0.15, 0.2) is 15.7 Å². The van der Waals surface area contributed by atoms with Crippen molar-refractivity contribution in [1.82, 2.24) is 5.16 Å². The van der Waals surface area contributed by atoms with Gasteiger partial charge in [-0.1, -0.05) is 17.7 Å². The number of aliphatic hydroxyl groups is 1. The summed E-state index contributed by atoms with van der Waals surface area (Å²) in [5, 5.41) is 14.5. The van der Waals surface area contributed by atoms with Crippen LogP contribution in [0.1, 0.15) is 62.5 Å². The SMILES string of the molecule is Cc1noc(C)c1CC1=C2CCC3(C)C(CC[C@H]3O)C2CCC1=O. The van der Waals surface area contributed by atoms with E-state index in [1.54, 1.807) is 0 Å². The Morgan fingerprint density at radius 2 is 2.04 bits per heavy atom. The van der Waals surface area contributed by atoms with Crippen molar-refractivity contribution in [3.8, 4) is 0 Å². The number of hydrogen-bond donors (Lipinski definition) is 1. The number of rotatable bonds is 2. The standard InChI is InChI=1S/C20H27NO3/c1-11-15(12(2)24-21-11)10-16-13-8-9-20(3)17(5-7-19(20)23)14(13)4-6-18(16)22/h14,17,19,23H,4-10H2,1-3H3/t14?,17?,19-,20?/m1/s1. The Labute approximate surface area is 143 Å². The number of Topliss-reactive ketones (excluding diaryl/α,β-unsaturated/α-hetero) is 1. The zero-order valence-corrected chi connectivity index (χ0v) is 14.9. The second kappa shape index (κ2) is 5.55. The lowest BCUT2D eigenvalue weighted by molar-refractivity contribution is -0.117. The van der Waals surface area contributed by atoms with Crippen LogP contribution in [0.25, 0.3) is 0 Å². The highest BCUT2D eigenvalue weighted by Gasteiger charge is 2.53. The molecule has 4 atom stereocenters. The largest absolute Gasteiger partial charge is 0.393 e. The Kier molecular flexibility index (Phi) is 3.72. The van der Waals surface area contributed by atoms with Gasteiger partial charge in [0.1, 0.15) is 5.76 Å². The fourth-order valence-corrected chi connectivity index (χ4v) is 5.60. The minimum Gasteiger partial charge on any atom is -0.393 e. The van der Waals surface area contributed by atoms with Gasteiger partial charge in [-0.05, 0) is 68.8 Å². The lowest BCUT2D eigenvalue weighted by Crippen LogP contribution is -2.42. The number of ketones is 1. The van der Waals surface area contributed by atoms with E-state index >= 15 is 0 Å². The molecule has 4 rings (SSSR count). The van der Waals surface area contributed by atoms with Crippen molar-refractivity contribution in [2.45, 2.75) is 71.8 Å². The van der Waals surface area contributed by atoms with Crippen LogP contribution in [0.4, 0.5) is 0 Å². The second-order valence-corrected chi connectivity index (χ2v) is 8.26. The number of hydrogen-bond acceptors (Lipinski definition) is 4. The molecule has 0 aliphatic heterocycles. The Balaban J connectivity index is 1.72. The van der Waals surface area contributed by atoms with Gasteiger partial charge in [0.2, 0.25) is 0 Å². The number of aryl methyl sites for hydroxylation is 2. The van der Waals surface area contributed by atoms with E-state index in [9.17, 15) is 9.90 Å². The molecule has 0 radical (unpaired) electrons. The Morgan fingerprint density at radius 3 is 2.75 bits per heavy atom. The van der Waals surface area contributed by atoms with Crippen molar-refractivity contribution >= 4 is 5.78 Å². The predicted octanol–water partition coefficient (Wildman–Crippen LogP) is 3.68. The summed E-state index contributed by atoms with van der Waals surface area (Å²) >= 11 is 0. The van der Waals surface area contributed by atoms with Crippen LogP contribution in [0.2, 0.25) is 0 Å². The first-order valence-corrected chi connectivity index (χ1v) is 9.26. The van der Waals surface area contributed by atoms with E-state index in [1.807, 2.05) is 13.8 Å². The molecular formula is C20H27NO3. The third-order valence-corrected chi connectivity index (χ3v) is 7.17. The number of aliphatic hydroxyl groups excluding tert-OH is 1. The Bertz CT molecular complexity index is 697. The zero-order chi connectivity index (χ0) is 17.1. The van der Waals surface area contributed by atoms with E-state index in [1.165, 1.54) is 5.57 Å². The molecule has 24 heavy (non-hydrogen) atoms. The first kappa shape index (κ1) is 16.1. The predicted molar refractivity (Wildman–Crippen MR) is 90.5 cm³/mol. The van der Waals surface area contributed by atoms with Crippen LogP contribution in [0.3, 0.4) is 0 Å². The molecule has 1 heterocycles. The molecule has 1 aromatic rings. The van der Waals surface area contributed by atoms with Gasteiger partial charge < -0.3 is 9.63 Å². The number of nitrogens with zero attached hydrogens (tertiary/aromatic N) is 1. The Morgan fingerprint density at radius 1 is 1.25 bits per heavy atom. The average molecular weight is 329 g/mol. The molecule has 4 nitrogen and oxygen atoms in total. The summed E-state index contributed by atoms with van der Waals surface area (Å²) in [6.07, 6.45) is 6.08. The number of carbonyl (C=O) groups excluding carboxylic acids is 1. The highest BCUT2D eigenvalue weighted by Crippen LogP contribution is 2.58. The normalized spacial score (nSPS) is 36.0. The monoisotopic (exact) mass is 329 g/mol. The minimum atomic E-state index is -0.173. The highest BCUT2D eigenvalue weighted by molar-refractivity contribution is 5.97. The van der Waals surface area contributed by atoms with Crippen molar-refractivity contribution in [3.63, 3.8) is 0 Å². The van der Waals surface area contributed by atoms with E-state index in [-0.39, 0.29) is 11.5 Å². The summed E-state index contributed by atoms with van der Waals surface area (Å²) in [4.78, 5) is 12.7. The summed E-state index contributed by atoms with van der Waals surface area (Å²) in [5.74, 6) is 2.15. The molecule has 3 unspecified atom stereocenters. The van der Waals surface area contributed by atoms with Crippen molar-refractivity contribution in [1.29, 1.82) is 0 Å². The Hall–Kier alpha value is -1.42. The second-order valence-electron chi connectivity index (χ2n) is 8.26. The molecule has 4 heteroatoms. The molecule has 0 amide bonds. The molecule has 2 fully saturated rings. The third kappa shape index (κ3) is 2.22. The highest BCUT2D eigenvalue weighted by atomic mass is 16.5. The first-order valence-electron chi connectivity index (χ1n) is 9.26. The van der Waals surface area contributed by atoms with Gasteiger partial charge in [0.05, 0.1) is 11.8 Å². The maximum absolute atomic E-state index is 12.7. The topological polar surface area (TPSA) is 63.3 Å². The molecule has 0 spiro atoms. The maximum atomic E-state index is 12.7. The molecular weight excluding hydrogens is 302 g/mol. The molecule has 130 valence electrons. The van der Waals surface area contributed by atoms with Crippen LogP contribution in [-0.2, 0) is 11.2 Å². The molecule has 0 saturated heterocycles. The maximum Gasteiger partial charge on any atom is 0.159 e. The van der Waals surface area contributed by atoms with Crippen LogP contribution in [0.5, 0.6) is 0 Å². The minimum absolute atomic E-state index is 0.0443.